The molecule has 4 nitrogen and oxygen atoms in total. The summed E-state index contributed by atoms with van der Waals surface area (Å²) in [7, 11) is 0. The van der Waals surface area contributed by atoms with Gasteiger partial charge in [-0.25, -0.2) is 4.79 Å². The van der Waals surface area contributed by atoms with E-state index in [1.54, 1.807) is 51.1 Å². The molecule has 0 bridgehead atoms. The highest BCUT2D eigenvalue weighted by Gasteiger charge is 2.32. The average Bonchev–Trinajstić information content (AvgIpc) is 2.40. The summed E-state index contributed by atoms with van der Waals surface area (Å²) in [4.78, 5) is 23.9. The van der Waals surface area contributed by atoms with Crippen molar-refractivity contribution >= 4 is 23.6 Å². The number of esters is 1. The van der Waals surface area contributed by atoms with Crippen molar-refractivity contribution in [2.75, 3.05) is 5.75 Å². The van der Waals surface area contributed by atoms with E-state index < -0.39 is 46.5 Å². The molecule has 1 rings (SSSR count). The highest BCUT2D eigenvalue weighted by atomic mass is 32.2. The molecule has 0 saturated carbocycles. The van der Waals surface area contributed by atoms with Crippen LogP contribution in [0.15, 0.2) is 30.3 Å². The van der Waals surface area contributed by atoms with Gasteiger partial charge in [0.15, 0.2) is 6.04 Å². The summed E-state index contributed by atoms with van der Waals surface area (Å²) in [6.07, 6.45) is 0. The van der Waals surface area contributed by atoms with E-state index in [2.05, 4.69) is 5.32 Å². The van der Waals surface area contributed by atoms with Crippen LogP contribution >= 0.6 is 11.8 Å². The van der Waals surface area contributed by atoms with Crippen LogP contribution in [0.25, 0.3) is 0 Å². The first-order valence-electron chi connectivity index (χ1n) is 6.76. The maximum atomic E-state index is 12.2. The predicted molar refractivity (Wildman–Crippen MR) is 81.7 cm³/mol. The molecule has 1 N–H and O–H groups in total. The van der Waals surface area contributed by atoms with Crippen molar-refractivity contribution in [1.29, 1.82) is 0 Å². The number of rotatable bonds is 5. The molecule has 128 valence electrons. The topological polar surface area (TPSA) is 55.4 Å². The SMILES string of the molecule is CC(C)(C)OC(=O)[C@H](NC(=O)CSC(F)(F)F)c1ccccc1. The number of hydrogen-bond acceptors (Lipinski definition) is 4. The molecule has 0 aliphatic rings. The molecule has 0 spiro atoms. The lowest BCUT2D eigenvalue weighted by Gasteiger charge is -2.24. The second-order valence-corrected chi connectivity index (χ2v) is 6.72. The number of thioether (sulfide) groups is 1. The van der Waals surface area contributed by atoms with E-state index in [9.17, 15) is 22.8 Å². The van der Waals surface area contributed by atoms with E-state index in [4.69, 9.17) is 4.74 Å². The summed E-state index contributed by atoms with van der Waals surface area (Å²) in [5, 5.41) is 2.29. The number of carbonyl (C=O) groups excluding carboxylic acids is 2. The van der Waals surface area contributed by atoms with Crippen molar-refractivity contribution in [3.05, 3.63) is 35.9 Å². The third-order valence-corrected chi connectivity index (χ3v) is 3.18. The van der Waals surface area contributed by atoms with Crippen molar-refractivity contribution in [2.45, 2.75) is 37.9 Å². The molecule has 0 saturated heterocycles. The van der Waals surface area contributed by atoms with E-state index in [0.717, 1.165) is 0 Å². The fraction of sp³-hybridized carbons (Fsp3) is 0.467. The second kappa shape index (κ2) is 7.72. The molecule has 23 heavy (non-hydrogen) atoms. The zero-order valence-electron chi connectivity index (χ0n) is 12.9. The number of ether oxygens (including phenoxy) is 1. The van der Waals surface area contributed by atoms with Gasteiger partial charge in [-0.2, -0.15) is 13.2 Å². The summed E-state index contributed by atoms with van der Waals surface area (Å²) >= 11 is -0.460. The Morgan fingerprint density at radius 2 is 1.74 bits per heavy atom. The van der Waals surface area contributed by atoms with Crippen molar-refractivity contribution in [2.24, 2.45) is 0 Å². The van der Waals surface area contributed by atoms with Crippen molar-refractivity contribution in [3.63, 3.8) is 0 Å². The number of carbonyl (C=O) groups is 2. The molecule has 0 aliphatic heterocycles. The highest BCUT2D eigenvalue weighted by molar-refractivity contribution is 8.00. The standard InChI is InChI=1S/C15H18F3NO3S/c1-14(2,3)22-13(21)12(10-7-5-4-6-8-10)19-11(20)9-23-15(16,17)18/h4-8,12H,9H2,1-3H3,(H,19,20)/t12-/m1/s1. The first-order chi connectivity index (χ1) is 10.5. The number of nitrogens with one attached hydrogen (secondary N) is 1. The van der Waals surface area contributed by atoms with E-state index in [1.165, 1.54) is 0 Å². The Labute approximate surface area is 136 Å². The minimum absolute atomic E-state index is 0.437. The zero-order valence-corrected chi connectivity index (χ0v) is 13.8. The van der Waals surface area contributed by atoms with Crippen LogP contribution in [0.1, 0.15) is 32.4 Å². The predicted octanol–water partition coefficient (Wildman–Crippen LogP) is 3.44. The largest absolute Gasteiger partial charge is 0.458 e. The Morgan fingerprint density at radius 1 is 1.17 bits per heavy atom. The quantitative estimate of drug-likeness (QED) is 0.828. The maximum Gasteiger partial charge on any atom is 0.442 e. The fourth-order valence-corrected chi connectivity index (χ4v) is 2.01. The van der Waals surface area contributed by atoms with Crippen LogP contribution in [0.5, 0.6) is 0 Å². The normalized spacial score (nSPS) is 13.3. The average molecular weight is 349 g/mol. The molecule has 0 unspecified atom stereocenters. The van der Waals surface area contributed by atoms with E-state index in [1.807, 2.05) is 0 Å². The van der Waals surface area contributed by atoms with Gasteiger partial charge in [-0.1, -0.05) is 30.3 Å². The Morgan fingerprint density at radius 3 is 2.22 bits per heavy atom. The lowest BCUT2D eigenvalue weighted by atomic mass is 10.1. The number of amides is 1. The Bertz CT molecular complexity index is 541. The molecule has 1 atom stereocenters. The van der Waals surface area contributed by atoms with Gasteiger partial charge in [0.05, 0.1) is 5.75 Å². The lowest BCUT2D eigenvalue weighted by molar-refractivity contribution is -0.158. The van der Waals surface area contributed by atoms with E-state index in [-0.39, 0.29) is 0 Å². The smallest absolute Gasteiger partial charge is 0.442 e. The van der Waals surface area contributed by atoms with Gasteiger partial charge in [0.1, 0.15) is 5.60 Å². The number of hydrogen-bond donors (Lipinski definition) is 1. The molecule has 1 amide bonds. The van der Waals surface area contributed by atoms with Crippen LogP contribution in [0.2, 0.25) is 0 Å². The van der Waals surface area contributed by atoms with Crippen molar-refractivity contribution in [1.82, 2.24) is 5.32 Å². The van der Waals surface area contributed by atoms with Crippen LogP contribution in [-0.4, -0.2) is 28.7 Å². The number of halogens is 3. The summed E-state index contributed by atoms with van der Waals surface area (Å²) in [5.41, 5.74) is -4.85. The van der Waals surface area contributed by atoms with Crippen LogP contribution in [0.4, 0.5) is 13.2 Å². The van der Waals surface area contributed by atoms with Gasteiger partial charge in [0.25, 0.3) is 0 Å². The molecule has 0 aliphatic carbocycles. The van der Waals surface area contributed by atoms with Gasteiger partial charge in [-0.05, 0) is 38.1 Å². The Kier molecular flexibility index (Phi) is 6.49. The molecular formula is C15H18F3NO3S. The lowest BCUT2D eigenvalue weighted by Crippen LogP contribution is -2.39. The van der Waals surface area contributed by atoms with Gasteiger partial charge < -0.3 is 10.1 Å². The molecule has 1 aromatic rings. The van der Waals surface area contributed by atoms with Gasteiger partial charge in [0.2, 0.25) is 5.91 Å². The molecule has 8 heteroatoms. The third-order valence-electron chi connectivity index (χ3n) is 2.45. The van der Waals surface area contributed by atoms with Crippen LogP contribution in [-0.2, 0) is 14.3 Å². The fourth-order valence-electron chi connectivity index (χ4n) is 1.63. The Balaban J connectivity index is 2.84. The summed E-state index contributed by atoms with van der Waals surface area (Å²) < 4.78 is 41.7. The summed E-state index contributed by atoms with van der Waals surface area (Å²) in [6.45, 7) is 4.98. The van der Waals surface area contributed by atoms with Crippen LogP contribution in [0.3, 0.4) is 0 Å². The van der Waals surface area contributed by atoms with E-state index >= 15 is 0 Å². The molecular weight excluding hydrogens is 331 g/mol. The third kappa shape index (κ3) is 7.92. The molecule has 0 heterocycles. The van der Waals surface area contributed by atoms with Gasteiger partial charge in [0, 0.05) is 0 Å². The molecule has 0 radical (unpaired) electrons. The summed E-state index contributed by atoms with van der Waals surface area (Å²) in [6, 6.07) is 7.05. The van der Waals surface area contributed by atoms with Gasteiger partial charge in [-0.15, -0.1) is 0 Å². The first-order valence-corrected chi connectivity index (χ1v) is 7.74. The zero-order chi connectivity index (χ0) is 17.7. The van der Waals surface area contributed by atoms with Crippen LogP contribution < -0.4 is 5.32 Å². The molecule has 0 aromatic heterocycles. The first kappa shape index (κ1) is 19.3. The molecule has 1 aromatic carbocycles. The minimum Gasteiger partial charge on any atom is -0.458 e. The minimum atomic E-state index is -4.51. The van der Waals surface area contributed by atoms with Gasteiger partial charge >= 0.3 is 11.5 Å². The Hall–Kier alpha value is -1.70. The monoisotopic (exact) mass is 349 g/mol. The highest BCUT2D eigenvalue weighted by Crippen LogP contribution is 2.30. The van der Waals surface area contributed by atoms with Crippen molar-refractivity contribution in [3.8, 4) is 0 Å². The molecule has 0 fully saturated rings. The van der Waals surface area contributed by atoms with Gasteiger partial charge in [-0.3, -0.25) is 4.79 Å². The van der Waals surface area contributed by atoms with E-state index in [0.29, 0.717) is 5.56 Å². The summed E-state index contributed by atoms with van der Waals surface area (Å²) in [5.74, 6) is -2.45. The number of benzene rings is 1. The van der Waals surface area contributed by atoms with Crippen molar-refractivity contribution < 1.29 is 27.5 Å². The number of alkyl halides is 3. The van der Waals surface area contributed by atoms with Crippen LogP contribution in [0, 0.1) is 0 Å². The second-order valence-electron chi connectivity index (χ2n) is 5.68. The maximum absolute atomic E-state index is 12.2.